The number of benzene rings is 1. The van der Waals surface area contributed by atoms with Crippen molar-refractivity contribution in [3.63, 3.8) is 0 Å². The summed E-state index contributed by atoms with van der Waals surface area (Å²) in [4.78, 5) is -0.0741. The summed E-state index contributed by atoms with van der Waals surface area (Å²) in [6, 6.07) is 9.33. The minimum absolute atomic E-state index is 0.0741. The van der Waals surface area contributed by atoms with Crippen molar-refractivity contribution in [2.75, 3.05) is 0 Å². The van der Waals surface area contributed by atoms with Crippen molar-refractivity contribution in [2.45, 2.75) is 4.90 Å². The fraction of sp³-hybridized carbons (Fsp3) is 0. The highest BCUT2D eigenvalue weighted by Crippen LogP contribution is 2.05. The van der Waals surface area contributed by atoms with Crippen LogP contribution < -0.4 is 0 Å². The van der Waals surface area contributed by atoms with Gasteiger partial charge >= 0.3 is 0 Å². The Morgan fingerprint density at radius 1 is 1.13 bits per heavy atom. The molecule has 1 aromatic heterocycles. The lowest BCUT2D eigenvalue weighted by Crippen LogP contribution is -1.96. The van der Waals surface area contributed by atoms with E-state index < -0.39 is 10.1 Å². The minimum Gasteiger partial charge on any atom is -0.282 e. The molecule has 0 saturated carbocycles. The van der Waals surface area contributed by atoms with Crippen molar-refractivity contribution in [2.24, 2.45) is 0 Å². The first-order valence-corrected chi connectivity index (χ1v) is 6.25. The maximum absolute atomic E-state index is 10.4. The third-order valence-corrected chi connectivity index (χ3v) is 2.78. The average molecular weight is 243 g/mol. The Hall–Kier alpha value is -1.24. The van der Waals surface area contributed by atoms with Gasteiger partial charge in [-0.1, -0.05) is 18.2 Å². The summed E-state index contributed by atoms with van der Waals surface area (Å²) in [6.07, 6.45) is 1.77. The molecule has 0 saturated heterocycles. The van der Waals surface area contributed by atoms with E-state index in [0.29, 0.717) is 0 Å². The van der Waals surface area contributed by atoms with E-state index in [1.165, 1.54) is 23.7 Å². The second-order valence-electron chi connectivity index (χ2n) is 2.48. The predicted octanol–water partition coefficient (Wildman–Crippen LogP) is 2.08. The van der Waals surface area contributed by atoms with Crippen LogP contribution in [0.15, 0.2) is 52.9 Å². The van der Waals surface area contributed by atoms with Crippen molar-refractivity contribution >= 4 is 21.7 Å². The van der Waals surface area contributed by atoms with E-state index in [4.69, 9.17) is 4.55 Å². The van der Waals surface area contributed by atoms with Crippen molar-refractivity contribution in [1.82, 2.24) is 4.37 Å². The lowest BCUT2D eigenvalue weighted by atomic mass is 10.4. The van der Waals surface area contributed by atoms with Gasteiger partial charge in [0.2, 0.25) is 0 Å². The van der Waals surface area contributed by atoms with Crippen LogP contribution in [0.25, 0.3) is 0 Å². The Kier molecular flexibility index (Phi) is 4.41. The number of aromatic nitrogens is 1. The molecule has 0 atom stereocenters. The molecule has 6 heteroatoms. The van der Waals surface area contributed by atoms with Gasteiger partial charge in [0.05, 0.1) is 4.90 Å². The van der Waals surface area contributed by atoms with Crippen molar-refractivity contribution in [3.05, 3.63) is 48.0 Å². The van der Waals surface area contributed by atoms with Gasteiger partial charge in [0.1, 0.15) is 0 Å². The zero-order valence-electron chi connectivity index (χ0n) is 7.65. The Morgan fingerprint density at radius 3 is 2.07 bits per heavy atom. The molecule has 0 spiro atoms. The molecule has 1 N–H and O–H groups in total. The largest absolute Gasteiger partial charge is 0.294 e. The van der Waals surface area contributed by atoms with Gasteiger partial charge in [-0.15, -0.1) is 0 Å². The smallest absolute Gasteiger partial charge is 0.282 e. The van der Waals surface area contributed by atoms with Gasteiger partial charge in [0, 0.05) is 11.6 Å². The summed E-state index contributed by atoms with van der Waals surface area (Å²) < 4.78 is 33.0. The molecule has 0 amide bonds. The van der Waals surface area contributed by atoms with Crippen LogP contribution >= 0.6 is 11.5 Å². The summed E-state index contributed by atoms with van der Waals surface area (Å²) in [5.41, 5.74) is 0. The summed E-state index contributed by atoms with van der Waals surface area (Å²) in [6.45, 7) is 0. The molecule has 0 aliphatic heterocycles. The van der Waals surface area contributed by atoms with Gasteiger partial charge in [-0.05, 0) is 29.7 Å². The summed E-state index contributed by atoms with van der Waals surface area (Å²) >= 11 is 1.46. The molecule has 0 radical (unpaired) electrons. The second-order valence-corrected chi connectivity index (χ2v) is 4.59. The summed E-state index contributed by atoms with van der Waals surface area (Å²) in [5, 5.41) is 1.93. The molecule has 2 aromatic rings. The van der Waals surface area contributed by atoms with Crippen LogP contribution in [0, 0.1) is 0 Å². The van der Waals surface area contributed by atoms with Crippen LogP contribution in [0.5, 0.6) is 0 Å². The zero-order chi connectivity index (χ0) is 11.1. The van der Waals surface area contributed by atoms with Crippen molar-refractivity contribution in [3.8, 4) is 0 Å². The molecule has 0 aliphatic rings. The van der Waals surface area contributed by atoms with Gasteiger partial charge in [-0.2, -0.15) is 8.42 Å². The average Bonchev–Trinajstić information content (AvgIpc) is 2.76. The molecule has 4 nitrogen and oxygen atoms in total. The first-order valence-electron chi connectivity index (χ1n) is 3.97. The first kappa shape index (κ1) is 11.8. The third-order valence-electron chi connectivity index (χ3n) is 1.39. The van der Waals surface area contributed by atoms with Crippen LogP contribution in [-0.4, -0.2) is 17.3 Å². The molecule has 15 heavy (non-hydrogen) atoms. The zero-order valence-corrected chi connectivity index (χ0v) is 9.28. The lowest BCUT2D eigenvalue weighted by Gasteiger charge is -1.92. The normalized spacial score (nSPS) is 10.2. The van der Waals surface area contributed by atoms with Gasteiger partial charge < -0.3 is 0 Å². The predicted molar refractivity (Wildman–Crippen MR) is 58.4 cm³/mol. The Morgan fingerprint density at radius 2 is 1.80 bits per heavy atom. The number of hydrogen-bond acceptors (Lipinski definition) is 4. The van der Waals surface area contributed by atoms with E-state index in [-0.39, 0.29) is 4.90 Å². The van der Waals surface area contributed by atoms with Crippen molar-refractivity contribution in [1.29, 1.82) is 0 Å². The molecule has 2 rings (SSSR count). The monoisotopic (exact) mass is 243 g/mol. The van der Waals surface area contributed by atoms with Crippen LogP contribution in [0.4, 0.5) is 0 Å². The van der Waals surface area contributed by atoms with Gasteiger partial charge in [-0.25, -0.2) is 4.37 Å². The maximum Gasteiger partial charge on any atom is 0.294 e. The third kappa shape index (κ3) is 4.68. The standard InChI is InChI=1S/C6H6O3S.C3H3NS/c7-10(8,9)6-4-2-1-3-5-6;1-2-4-5-3-1/h1-5H,(H,7,8,9);1-3H. The van der Waals surface area contributed by atoms with Crippen LogP contribution in [0.2, 0.25) is 0 Å². The molecule has 1 heterocycles. The topological polar surface area (TPSA) is 67.3 Å². The maximum atomic E-state index is 10.4. The summed E-state index contributed by atoms with van der Waals surface area (Å²) in [7, 11) is -4.00. The van der Waals surface area contributed by atoms with E-state index in [1.54, 1.807) is 24.4 Å². The SMILES string of the molecule is O=S(=O)(O)c1ccccc1.c1cnsc1. The molecule has 0 fully saturated rings. The van der Waals surface area contributed by atoms with Crippen LogP contribution in [0.1, 0.15) is 0 Å². The van der Waals surface area contributed by atoms with Gasteiger partial charge in [-0.3, -0.25) is 4.55 Å². The molecule has 0 aliphatic carbocycles. The Balaban J connectivity index is 0.000000187. The molecule has 0 bridgehead atoms. The summed E-state index contributed by atoms with van der Waals surface area (Å²) in [5.74, 6) is 0. The molecule has 0 unspecified atom stereocenters. The van der Waals surface area contributed by atoms with E-state index in [9.17, 15) is 8.42 Å². The van der Waals surface area contributed by atoms with E-state index in [2.05, 4.69) is 4.37 Å². The molecular weight excluding hydrogens is 234 g/mol. The van der Waals surface area contributed by atoms with E-state index in [0.717, 1.165) is 0 Å². The minimum atomic E-state index is -4.00. The number of hydrogen-bond donors (Lipinski definition) is 1. The van der Waals surface area contributed by atoms with E-state index >= 15 is 0 Å². The molecule has 80 valence electrons. The fourth-order valence-corrected chi connectivity index (χ4v) is 1.62. The first-order chi connectivity index (χ1) is 7.11. The highest BCUT2D eigenvalue weighted by molar-refractivity contribution is 7.85. The molecule has 1 aromatic carbocycles. The number of nitrogens with zero attached hydrogens (tertiary/aromatic N) is 1. The molecular formula is C9H9NO3S2. The lowest BCUT2D eigenvalue weighted by molar-refractivity contribution is 0.483. The highest BCUT2D eigenvalue weighted by atomic mass is 32.2. The Labute approximate surface area is 92.1 Å². The van der Waals surface area contributed by atoms with Crippen LogP contribution in [-0.2, 0) is 10.1 Å². The fourth-order valence-electron chi connectivity index (χ4n) is 0.768. The second kappa shape index (κ2) is 5.59. The number of rotatable bonds is 1. The highest BCUT2D eigenvalue weighted by Gasteiger charge is 2.05. The van der Waals surface area contributed by atoms with Gasteiger partial charge in [0.25, 0.3) is 10.1 Å². The van der Waals surface area contributed by atoms with Gasteiger partial charge in [0.15, 0.2) is 0 Å². The quantitative estimate of drug-likeness (QED) is 0.779. The Bertz CT molecular complexity index is 448. The van der Waals surface area contributed by atoms with Crippen LogP contribution in [0.3, 0.4) is 0 Å². The van der Waals surface area contributed by atoms with Crippen molar-refractivity contribution < 1.29 is 13.0 Å². The van der Waals surface area contributed by atoms with E-state index in [1.807, 2.05) is 11.4 Å².